The summed E-state index contributed by atoms with van der Waals surface area (Å²) in [6.45, 7) is 10.0. The van der Waals surface area contributed by atoms with Gasteiger partial charge in [0.1, 0.15) is 0 Å². The third kappa shape index (κ3) is 2.95. The molecule has 0 radical (unpaired) electrons. The van der Waals surface area contributed by atoms with Crippen molar-refractivity contribution in [3.63, 3.8) is 0 Å². The minimum absolute atomic E-state index is 0.0676. The van der Waals surface area contributed by atoms with Crippen LogP contribution in [0.15, 0.2) is 0 Å². The van der Waals surface area contributed by atoms with Crippen LogP contribution in [-0.2, 0) is 4.79 Å². The molecular formula is C12H25N3O. The third-order valence-electron chi connectivity index (χ3n) is 3.74. The number of amides is 1. The summed E-state index contributed by atoms with van der Waals surface area (Å²) in [7, 11) is 1.89. The molecule has 4 nitrogen and oxygen atoms in total. The van der Waals surface area contributed by atoms with Crippen LogP contribution in [-0.4, -0.2) is 48.6 Å². The van der Waals surface area contributed by atoms with Crippen LogP contribution in [0.25, 0.3) is 0 Å². The first kappa shape index (κ1) is 13.5. The highest BCUT2D eigenvalue weighted by molar-refractivity contribution is 5.82. The second-order valence-electron chi connectivity index (χ2n) is 5.33. The van der Waals surface area contributed by atoms with Gasteiger partial charge in [-0.15, -0.1) is 0 Å². The zero-order valence-electron chi connectivity index (χ0n) is 11.1. The molecule has 4 heteroatoms. The van der Waals surface area contributed by atoms with Crippen molar-refractivity contribution in [1.29, 1.82) is 0 Å². The van der Waals surface area contributed by atoms with E-state index in [1.54, 1.807) is 0 Å². The highest BCUT2D eigenvalue weighted by Gasteiger charge is 2.32. The second-order valence-corrected chi connectivity index (χ2v) is 5.33. The van der Waals surface area contributed by atoms with Crippen molar-refractivity contribution in [2.24, 2.45) is 0 Å². The molecule has 2 atom stereocenters. The third-order valence-corrected chi connectivity index (χ3v) is 3.74. The summed E-state index contributed by atoms with van der Waals surface area (Å²) >= 11 is 0. The Labute approximate surface area is 98.8 Å². The zero-order chi connectivity index (χ0) is 12.3. The Morgan fingerprint density at radius 1 is 1.38 bits per heavy atom. The van der Waals surface area contributed by atoms with Gasteiger partial charge in [0.25, 0.3) is 0 Å². The summed E-state index contributed by atoms with van der Waals surface area (Å²) in [6, 6.07) is 0.376. The van der Waals surface area contributed by atoms with Crippen LogP contribution in [0.1, 0.15) is 34.1 Å². The smallest absolute Gasteiger partial charge is 0.241 e. The van der Waals surface area contributed by atoms with E-state index < -0.39 is 0 Å². The predicted molar refractivity (Wildman–Crippen MR) is 66.4 cm³/mol. The first-order chi connectivity index (χ1) is 7.38. The molecule has 1 fully saturated rings. The van der Waals surface area contributed by atoms with Gasteiger partial charge < -0.3 is 15.5 Å². The summed E-state index contributed by atoms with van der Waals surface area (Å²) in [5.41, 5.74) is -0.0676. The van der Waals surface area contributed by atoms with Crippen molar-refractivity contribution in [2.45, 2.75) is 51.7 Å². The number of carbonyl (C=O) groups is 1. The maximum absolute atomic E-state index is 12.2. The summed E-state index contributed by atoms with van der Waals surface area (Å²) in [4.78, 5) is 14.1. The SMILES string of the molecule is CCC(C)(C)N(C)C(=O)C1CNC(C)CN1. The van der Waals surface area contributed by atoms with Crippen molar-refractivity contribution in [3.8, 4) is 0 Å². The van der Waals surface area contributed by atoms with E-state index in [-0.39, 0.29) is 17.5 Å². The Morgan fingerprint density at radius 3 is 2.44 bits per heavy atom. The molecular weight excluding hydrogens is 202 g/mol. The predicted octanol–water partition coefficient (Wildman–Crippen LogP) is 0.583. The number of nitrogens with zero attached hydrogens (tertiary/aromatic N) is 1. The van der Waals surface area contributed by atoms with Crippen LogP contribution in [0, 0.1) is 0 Å². The zero-order valence-corrected chi connectivity index (χ0v) is 11.1. The lowest BCUT2D eigenvalue weighted by molar-refractivity contribution is -0.137. The van der Waals surface area contributed by atoms with Gasteiger partial charge in [0.05, 0.1) is 6.04 Å². The molecule has 0 aromatic carbocycles. The van der Waals surface area contributed by atoms with Crippen molar-refractivity contribution < 1.29 is 4.79 Å². The fraction of sp³-hybridized carbons (Fsp3) is 0.917. The van der Waals surface area contributed by atoms with Gasteiger partial charge in [0.2, 0.25) is 5.91 Å². The number of nitrogens with one attached hydrogen (secondary N) is 2. The first-order valence-electron chi connectivity index (χ1n) is 6.13. The Kier molecular flexibility index (Phi) is 4.33. The van der Waals surface area contributed by atoms with Crippen molar-refractivity contribution in [3.05, 3.63) is 0 Å². The topological polar surface area (TPSA) is 44.4 Å². The lowest BCUT2D eigenvalue weighted by Crippen LogP contribution is -2.61. The van der Waals surface area contributed by atoms with E-state index in [2.05, 4.69) is 38.3 Å². The van der Waals surface area contributed by atoms with Gasteiger partial charge in [0, 0.05) is 31.7 Å². The lowest BCUT2D eigenvalue weighted by Gasteiger charge is -2.39. The molecule has 0 spiro atoms. The Morgan fingerprint density at radius 2 is 2.00 bits per heavy atom. The molecule has 1 aliphatic heterocycles. The molecule has 0 aromatic rings. The fourth-order valence-electron chi connectivity index (χ4n) is 1.73. The van der Waals surface area contributed by atoms with Crippen LogP contribution in [0.3, 0.4) is 0 Å². The van der Waals surface area contributed by atoms with Gasteiger partial charge in [-0.05, 0) is 27.2 Å². The fourth-order valence-corrected chi connectivity index (χ4v) is 1.73. The normalized spacial score (nSPS) is 26.6. The number of rotatable bonds is 3. The summed E-state index contributed by atoms with van der Waals surface area (Å²) in [6.07, 6.45) is 0.964. The summed E-state index contributed by atoms with van der Waals surface area (Å²) < 4.78 is 0. The van der Waals surface area contributed by atoms with Crippen molar-refractivity contribution in [2.75, 3.05) is 20.1 Å². The van der Waals surface area contributed by atoms with E-state index in [1.807, 2.05) is 11.9 Å². The Hall–Kier alpha value is -0.610. The first-order valence-corrected chi connectivity index (χ1v) is 6.13. The number of hydrogen-bond donors (Lipinski definition) is 2. The molecule has 1 aliphatic rings. The lowest BCUT2D eigenvalue weighted by atomic mass is 9.98. The average molecular weight is 227 g/mol. The molecule has 0 aromatic heterocycles. The van der Waals surface area contributed by atoms with Crippen molar-refractivity contribution in [1.82, 2.24) is 15.5 Å². The molecule has 94 valence electrons. The van der Waals surface area contributed by atoms with Crippen LogP contribution in [0.4, 0.5) is 0 Å². The number of piperazine rings is 1. The number of carbonyl (C=O) groups excluding carboxylic acids is 1. The quantitative estimate of drug-likeness (QED) is 0.741. The minimum atomic E-state index is -0.0768. The highest BCUT2D eigenvalue weighted by atomic mass is 16.2. The van der Waals surface area contributed by atoms with E-state index in [0.717, 1.165) is 19.5 Å². The number of hydrogen-bond acceptors (Lipinski definition) is 3. The largest absolute Gasteiger partial charge is 0.339 e. The van der Waals surface area contributed by atoms with E-state index in [4.69, 9.17) is 0 Å². The summed E-state index contributed by atoms with van der Waals surface area (Å²) in [5, 5.41) is 6.62. The van der Waals surface area contributed by atoms with Gasteiger partial charge >= 0.3 is 0 Å². The molecule has 1 amide bonds. The molecule has 2 unspecified atom stereocenters. The molecule has 0 saturated carbocycles. The van der Waals surface area contributed by atoms with Crippen LogP contribution >= 0.6 is 0 Å². The summed E-state index contributed by atoms with van der Waals surface area (Å²) in [5.74, 6) is 0.186. The van der Waals surface area contributed by atoms with Gasteiger partial charge in [-0.2, -0.15) is 0 Å². The average Bonchev–Trinajstić information content (AvgIpc) is 2.28. The molecule has 1 heterocycles. The van der Waals surface area contributed by atoms with Gasteiger partial charge in [-0.1, -0.05) is 6.92 Å². The highest BCUT2D eigenvalue weighted by Crippen LogP contribution is 2.17. The minimum Gasteiger partial charge on any atom is -0.339 e. The molecule has 16 heavy (non-hydrogen) atoms. The van der Waals surface area contributed by atoms with Gasteiger partial charge in [-0.3, -0.25) is 4.79 Å². The van der Waals surface area contributed by atoms with Crippen LogP contribution in [0.2, 0.25) is 0 Å². The molecule has 2 N–H and O–H groups in total. The maximum atomic E-state index is 12.2. The molecule has 1 saturated heterocycles. The Balaban J connectivity index is 2.57. The van der Waals surface area contributed by atoms with E-state index in [9.17, 15) is 4.79 Å². The van der Waals surface area contributed by atoms with E-state index in [1.165, 1.54) is 0 Å². The maximum Gasteiger partial charge on any atom is 0.241 e. The van der Waals surface area contributed by atoms with Crippen LogP contribution in [0.5, 0.6) is 0 Å². The van der Waals surface area contributed by atoms with Gasteiger partial charge in [0.15, 0.2) is 0 Å². The molecule has 0 aliphatic carbocycles. The van der Waals surface area contributed by atoms with Crippen LogP contribution < -0.4 is 10.6 Å². The van der Waals surface area contributed by atoms with E-state index in [0.29, 0.717) is 6.04 Å². The molecule has 0 bridgehead atoms. The second kappa shape index (κ2) is 5.15. The Bertz CT molecular complexity index is 245. The van der Waals surface area contributed by atoms with E-state index >= 15 is 0 Å². The van der Waals surface area contributed by atoms with Crippen molar-refractivity contribution >= 4 is 5.91 Å². The monoisotopic (exact) mass is 227 g/mol. The molecule has 1 rings (SSSR count). The number of likely N-dealkylation sites (N-methyl/N-ethyl adjacent to an activating group) is 1. The van der Waals surface area contributed by atoms with Gasteiger partial charge in [-0.25, -0.2) is 0 Å². The standard InChI is InChI=1S/C12H25N3O/c1-6-12(3,4)15(5)11(16)10-8-13-9(2)7-14-10/h9-10,13-14H,6-8H2,1-5H3.